The number of likely N-dealkylation sites (tertiary alicyclic amines) is 1. The molecule has 1 amide bonds. The van der Waals surface area contributed by atoms with Crippen molar-refractivity contribution >= 4 is 29.7 Å². The predicted octanol–water partition coefficient (Wildman–Crippen LogP) is 1.91. The maximum atomic E-state index is 12.0. The van der Waals surface area contributed by atoms with Crippen molar-refractivity contribution in [3.8, 4) is 0 Å². The van der Waals surface area contributed by atoms with Crippen LogP contribution in [0.3, 0.4) is 0 Å². The van der Waals surface area contributed by atoms with E-state index >= 15 is 0 Å². The number of thiophene rings is 1. The summed E-state index contributed by atoms with van der Waals surface area (Å²) in [4.78, 5) is 14.0. The molecule has 0 aliphatic carbocycles. The molecule has 1 aromatic heterocycles. The number of nitrogens with zero attached hydrogens (tertiary/aromatic N) is 1. The van der Waals surface area contributed by atoms with Crippen molar-refractivity contribution in [1.82, 2.24) is 4.90 Å². The summed E-state index contributed by atoms with van der Waals surface area (Å²) in [6.45, 7) is 3.74. The molecule has 1 aliphatic rings. The van der Waals surface area contributed by atoms with Gasteiger partial charge < -0.3 is 10.6 Å². The second-order valence-electron chi connectivity index (χ2n) is 4.58. The molecule has 96 valence electrons. The lowest BCUT2D eigenvalue weighted by Crippen LogP contribution is -2.48. The Balaban J connectivity index is 0.00000144. The lowest BCUT2D eigenvalue weighted by molar-refractivity contribution is -0.132. The molecule has 0 radical (unpaired) electrons. The van der Waals surface area contributed by atoms with E-state index in [9.17, 15) is 4.79 Å². The molecule has 5 heteroatoms. The van der Waals surface area contributed by atoms with Crippen molar-refractivity contribution in [2.45, 2.75) is 25.8 Å². The van der Waals surface area contributed by atoms with Gasteiger partial charge in [-0.05, 0) is 34.7 Å². The zero-order valence-electron chi connectivity index (χ0n) is 9.96. The number of carbonyl (C=O) groups excluding carboxylic acids is 1. The first-order chi connectivity index (χ1) is 7.66. The molecule has 1 fully saturated rings. The van der Waals surface area contributed by atoms with Crippen LogP contribution >= 0.6 is 23.7 Å². The van der Waals surface area contributed by atoms with Gasteiger partial charge in [0.15, 0.2) is 0 Å². The number of halogens is 1. The minimum Gasteiger partial charge on any atom is -0.342 e. The average molecular weight is 275 g/mol. The standard InChI is InChI=1S/C12H18N2OS.ClH/c1-9-7-14(4-2-11(9)13)12(15)6-10-3-5-16-8-10;/h3,5,8-9,11H,2,4,6-7,13H2,1H3;1H. The summed E-state index contributed by atoms with van der Waals surface area (Å²) in [5.74, 6) is 0.650. The quantitative estimate of drug-likeness (QED) is 0.895. The fraction of sp³-hybridized carbons (Fsp3) is 0.583. The van der Waals surface area contributed by atoms with Crippen LogP contribution in [0.5, 0.6) is 0 Å². The summed E-state index contributed by atoms with van der Waals surface area (Å²) >= 11 is 1.64. The lowest BCUT2D eigenvalue weighted by Gasteiger charge is -2.35. The van der Waals surface area contributed by atoms with Crippen molar-refractivity contribution in [1.29, 1.82) is 0 Å². The van der Waals surface area contributed by atoms with E-state index in [0.29, 0.717) is 12.3 Å². The molecular weight excluding hydrogens is 256 g/mol. The fourth-order valence-corrected chi connectivity index (χ4v) is 2.74. The topological polar surface area (TPSA) is 46.3 Å². The molecule has 1 aliphatic heterocycles. The third kappa shape index (κ3) is 3.69. The van der Waals surface area contributed by atoms with E-state index < -0.39 is 0 Å². The van der Waals surface area contributed by atoms with Crippen molar-refractivity contribution < 1.29 is 4.79 Å². The molecule has 1 saturated heterocycles. The van der Waals surface area contributed by atoms with Gasteiger partial charge in [0.25, 0.3) is 0 Å². The van der Waals surface area contributed by atoms with Crippen LogP contribution in [0.4, 0.5) is 0 Å². The maximum Gasteiger partial charge on any atom is 0.227 e. The Morgan fingerprint density at radius 1 is 1.65 bits per heavy atom. The Hall–Kier alpha value is -0.580. The molecule has 3 nitrogen and oxygen atoms in total. The van der Waals surface area contributed by atoms with Gasteiger partial charge in [-0.25, -0.2) is 0 Å². The summed E-state index contributed by atoms with van der Waals surface area (Å²) in [5, 5.41) is 4.05. The minimum atomic E-state index is 0. The first kappa shape index (κ1) is 14.5. The fourth-order valence-electron chi connectivity index (χ4n) is 2.07. The van der Waals surface area contributed by atoms with Crippen molar-refractivity contribution in [3.05, 3.63) is 22.4 Å². The van der Waals surface area contributed by atoms with Gasteiger partial charge in [0.05, 0.1) is 6.42 Å². The highest BCUT2D eigenvalue weighted by atomic mass is 35.5. The summed E-state index contributed by atoms with van der Waals surface area (Å²) in [5.41, 5.74) is 7.06. The van der Waals surface area contributed by atoms with Crippen LogP contribution in [-0.2, 0) is 11.2 Å². The van der Waals surface area contributed by atoms with Gasteiger partial charge in [-0.2, -0.15) is 11.3 Å². The van der Waals surface area contributed by atoms with Gasteiger partial charge in [-0.3, -0.25) is 4.79 Å². The normalized spacial score (nSPS) is 24.2. The van der Waals surface area contributed by atoms with Gasteiger partial charge in [-0.15, -0.1) is 12.4 Å². The van der Waals surface area contributed by atoms with E-state index in [1.165, 1.54) is 0 Å². The third-order valence-electron chi connectivity index (χ3n) is 3.26. The van der Waals surface area contributed by atoms with E-state index in [4.69, 9.17) is 5.73 Å². The number of hydrogen-bond acceptors (Lipinski definition) is 3. The zero-order valence-corrected chi connectivity index (χ0v) is 11.6. The molecule has 2 unspecified atom stereocenters. The highest BCUT2D eigenvalue weighted by Gasteiger charge is 2.25. The van der Waals surface area contributed by atoms with Crippen molar-refractivity contribution in [3.63, 3.8) is 0 Å². The van der Waals surface area contributed by atoms with Crippen LogP contribution in [0, 0.1) is 5.92 Å². The van der Waals surface area contributed by atoms with E-state index in [1.807, 2.05) is 21.7 Å². The van der Waals surface area contributed by atoms with E-state index in [-0.39, 0.29) is 24.4 Å². The van der Waals surface area contributed by atoms with E-state index in [2.05, 4.69) is 6.92 Å². The molecule has 0 spiro atoms. The molecule has 1 aromatic rings. The largest absolute Gasteiger partial charge is 0.342 e. The monoisotopic (exact) mass is 274 g/mol. The zero-order chi connectivity index (χ0) is 11.5. The van der Waals surface area contributed by atoms with Crippen LogP contribution < -0.4 is 5.73 Å². The molecule has 2 heterocycles. The molecule has 2 rings (SSSR count). The number of rotatable bonds is 2. The van der Waals surface area contributed by atoms with E-state index in [0.717, 1.165) is 25.1 Å². The number of amides is 1. The Bertz CT molecular complexity index is 355. The van der Waals surface area contributed by atoms with Gasteiger partial charge in [0.1, 0.15) is 0 Å². The summed E-state index contributed by atoms with van der Waals surface area (Å²) in [6.07, 6.45) is 1.46. The lowest BCUT2D eigenvalue weighted by atomic mass is 9.94. The number of hydrogen-bond donors (Lipinski definition) is 1. The number of piperidine rings is 1. The van der Waals surface area contributed by atoms with Crippen LogP contribution in [0.25, 0.3) is 0 Å². The highest BCUT2D eigenvalue weighted by Crippen LogP contribution is 2.16. The van der Waals surface area contributed by atoms with Crippen LogP contribution in [0.15, 0.2) is 16.8 Å². The summed E-state index contributed by atoms with van der Waals surface area (Å²) < 4.78 is 0. The van der Waals surface area contributed by atoms with Crippen molar-refractivity contribution in [2.75, 3.05) is 13.1 Å². The maximum absolute atomic E-state index is 12.0. The molecule has 2 N–H and O–H groups in total. The van der Waals surface area contributed by atoms with Gasteiger partial charge in [0, 0.05) is 19.1 Å². The molecule has 2 atom stereocenters. The third-order valence-corrected chi connectivity index (χ3v) is 3.99. The molecule has 0 saturated carbocycles. The average Bonchev–Trinajstić information content (AvgIpc) is 2.74. The second-order valence-corrected chi connectivity index (χ2v) is 5.36. The number of nitrogens with two attached hydrogens (primary N) is 1. The highest BCUT2D eigenvalue weighted by molar-refractivity contribution is 7.07. The Morgan fingerprint density at radius 3 is 3.00 bits per heavy atom. The first-order valence-electron chi connectivity index (χ1n) is 5.71. The number of carbonyl (C=O) groups is 1. The Labute approximate surface area is 112 Å². The van der Waals surface area contributed by atoms with Gasteiger partial charge in [0.2, 0.25) is 5.91 Å². The van der Waals surface area contributed by atoms with Crippen LogP contribution in [0.2, 0.25) is 0 Å². The SMILES string of the molecule is CC1CN(C(=O)Cc2ccsc2)CCC1N.Cl. The van der Waals surface area contributed by atoms with Crippen LogP contribution in [-0.4, -0.2) is 29.9 Å². The van der Waals surface area contributed by atoms with Crippen molar-refractivity contribution in [2.24, 2.45) is 11.7 Å². The molecule has 0 bridgehead atoms. The Kier molecular flexibility index (Phi) is 5.43. The predicted molar refractivity (Wildman–Crippen MR) is 73.6 cm³/mol. The van der Waals surface area contributed by atoms with Gasteiger partial charge in [-0.1, -0.05) is 6.92 Å². The molecule has 0 aromatic carbocycles. The molecule has 17 heavy (non-hydrogen) atoms. The van der Waals surface area contributed by atoms with Crippen LogP contribution in [0.1, 0.15) is 18.9 Å². The summed E-state index contributed by atoms with van der Waals surface area (Å²) in [7, 11) is 0. The Morgan fingerprint density at radius 2 is 2.41 bits per heavy atom. The smallest absolute Gasteiger partial charge is 0.227 e. The minimum absolute atomic E-state index is 0. The second kappa shape index (κ2) is 6.38. The first-order valence-corrected chi connectivity index (χ1v) is 6.65. The molecular formula is C12H19ClN2OS. The van der Waals surface area contributed by atoms with E-state index in [1.54, 1.807) is 11.3 Å². The van der Waals surface area contributed by atoms with Gasteiger partial charge >= 0.3 is 0 Å². The summed E-state index contributed by atoms with van der Waals surface area (Å²) in [6, 6.07) is 2.27.